The number of aromatic nitrogens is 3. The summed E-state index contributed by atoms with van der Waals surface area (Å²) in [4.78, 5) is 11.8. The van der Waals surface area contributed by atoms with Crippen molar-refractivity contribution in [2.24, 2.45) is 0 Å². The summed E-state index contributed by atoms with van der Waals surface area (Å²) in [5.74, 6) is 1.43. The summed E-state index contributed by atoms with van der Waals surface area (Å²) in [6.45, 7) is 0. The molecule has 2 heterocycles. The molecule has 0 bridgehead atoms. The van der Waals surface area contributed by atoms with Crippen molar-refractivity contribution in [3.63, 3.8) is 0 Å². The van der Waals surface area contributed by atoms with Gasteiger partial charge in [-0.15, -0.1) is 0 Å². The minimum atomic E-state index is 0.685. The predicted octanol–water partition coefficient (Wildman–Crippen LogP) is 2.22. The van der Waals surface area contributed by atoms with Gasteiger partial charge in [0.15, 0.2) is 0 Å². The van der Waals surface area contributed by atoms with Crippen LogP contribution in [0, 0.1) is 0 Å². The van der Waals surface area contributed by atoms with E-state index >= 15 is 0 Å². The molecular formula is C13H12N4O. The van der Waals surface area contributed by atoms with Crippen LogP contribution in [0.25, 0.3) is 22.4 Å². The summed E-state index contributed by atoms with van der Waals surface area (Å²) in [5.41, 5.74) is 9.11. The molecule has 3 N–H and O–H groups in total. The number of nitrogen functional groups attached to an aromatic ring is 1. The van der Waals surface area contributed by atoms with Gasteiger partial charge in [-0.3, -0.25) is 4.98 Å². The smallest absolute Gasteiger partial charge is 0.148 e. The van der Waals surface area contributed by atoms with Gasteiger partial charge in [-0.1, -0.05) is 0 Å². The summed E-state index contributed by atoms with van der Waals surface area (Å²) >= 11 is 0. The molecule has 3 aromatic rings. The van der Waals surface area contributed by atoms with Crippen molar-refractivity contribution in [1.82, 2.24) is 15.0 Å². The van der Waals surface area contributed by atoms with Crippen molar-refractivity contribution < 1.29 is 4.74 Å². The monoisotopic (exact) mass is 240 g/mol. The lowest BCUT2D eigenvalue weighted by molar-refractivity contribution is 0.414. The normalized spacial score (nSPS) is 10.7. The van der Waals surface area contributed by atoms with Crippen molar-refractivity contribution in [2.45, 2.75) is 0 Å². The van der Waals surface area contributed by atoms with Gasteiger partial charge in [0.25, 0.3) is 0 Å². The first-order chi connectivity index (χ1) is 8.78. The number of fused-ring (bicyclic) bond motifs is 1. The van der Waals surface area contributed by atoms with E-state index in [-0.39, 0.29) is 0 Å². The molecular weight excluding hydrogens is 228 g/mol. The van der Waals surface area contributed by atoms with Crippen LogP contribution < -0.4 is 10.5 Å². The first kappa shape index (κ1) is 10.6. The van der Waals surface area contributed by atoms with Gasteiger partial charge in [0.05, 0.1) is 29.9 Å². The van der Waals surface area contributed by atoms with Gasteiger partial charge < -0.3 is 15.5 Å². The molecule has 0 amide bonds. The van der Waals surface area contributed by atoms with Crippen molar-refractivity contribution in [3.05, 3.63) is 36.7 Å². The minimum Gasteiger partial charge on any atom is -0.494 e. The van der Waals surface area contributed by atoms with Gasteiger partial charge in [0.2, 0.25) is 0 Å². The molecule has 0 atom stereocenters. The highest BCUT2D eigenvalue weighted by Gasteiger charge is 2.10. The molecule has 0 spiro atoms. The number of nitrogens with two attached hydrogens (primary N) is 1. The summed E-state index contributed by atoms with van der Waals surface area (Å²) in [7, 11) is 1.61. The van der Waals surface area contributed by atoms with Crippen molar-refractivity contribution >= 4 is 16.7 Å². The van der Waals surface area contributed by atoms with E-state index in [1.54, 1.807) is 19.5 Å². The van der Waals surface area contributed by atoms with Crippen LogP contribution in [0.3, 0.4) is 0 Å². The van der Waals surface area contributed by atoms with Crippen molar-refractivity contribution in [3.8, 4) is 17.1 Å². The van der Waals surface area contributed by atoms with E-state index in [0.717, 1.165) is 22.4 Å². The van der Waals surface area contributed by atoms with Crippen LogP contribution >= 0.6 is 0 Å². The number of hydrogen-bond acceptors (Lipinski definition) is 4. The van der Waals surface area contributed by atoms with Crippen molar-refractivity contribution in [1.29, 1.82) is 0 Å². The fraction of sp³-hybridized carbons (Fsp3) is 0.0769. The molecule has 2 aromatic heterocycles. The number of H-pyrrole nitrogens is 1. The Balaban J connectivity index is 2.19. The zero-order chi connectivity index (χ0) is 12.5. The fourth-order valence-electron chi connectivity index (χ4n) is 1.89. The first-order valence-corrected chi connectivity index (χ1v) is 5.51. The Morgan fingerprint density at radius 1 is 1.28 bits per heavy atom. The molecule has 18 heavy (non-hydrogen) atoms. The molecule has 90 valence electrons. The second-order valence-corrected chi connectivity index (χ2v) is 3.94. The average molecular weight is 240 g/mol. The van der Waals surface area contributed by atoms with Crippen LogP contribution in [0.15, 0.2) is 36.7 Å². The van der Waals surface area contributed by atoms with Crippen LogP contribution in [-0.4, -0.2) is 22.1 Å². The lowest BCUT2D eigenvalue weighted by Gasteiger charge is -2.03. The topological polar surface area (TPSA) is 76.8 Å². The number of nitrogens with zero attached hydrogens (tertiary/aromatic N) is 2. The van der Waals surface area contributed by atoms with Crippen molar-refractivity contribution in [2.75, 3.05) is 12.8 Å². The molecule has 1 aromatic carbocycles. The molecule has 0 fully saturated rings. The standard InChI is InChI=1S/C13H12N4O/c1-18-12-7-15-5-4-9(12)13-16-10-3-2-8(14)6-11(10)17-13/h2-7H,14H2,1H3,(H,16,17). The number of anilines is 1. The maximum Gasteiger partial charge on any atom is 0.148 e. The van der Waals surface area contributed by atoms with E-state index in [1.165, 1.54) is 0 Å². The number of aromatic amines is 1. The largest absolute Gasteiger partial charge is 0.494 e. The van der Waals surface area contributed by atoms with E-state index in [2.05, 4.69) is 15.0 Å². The lowest BCUT2D eigenvalue weighted by Crippen LogP contribution is -1.89. The van der Waals surface area contributed by atoms with Gasteiger partial charge in [-0.25, -0.2) is 4.98 Å². The summed E-state index contributed by atoms with van der Waals surface area (Å²) in [5, 5.41) is 0. The molecule has 0 radical (unpaired) electrons. The average Bonchev–Trinajstić information content (AvgIpc) is 2.81. The highest BCUT2D eigenvalue weighted by Crippen LogP contribution is 2.28. The minimum absolute atomic E-state index is 0.685. The van der Waals surface area contributed by atoms with Crippen LogP contribution in [-0.2, 0) is 0 Å². The summed E-state index contributed by atoms with van der Waals surface area (Å²) < 4.78 is 5.27. The molecule has 0 aliphatic rings. The molecule has 0 aliphatic heterocycles. The number of imidazole rings is 1. The molecule has 5 nitrogen and oxygen atoms in total. The van der Waals surface area contributed by atoms with Gasteiger partial charge >= 0.3 is 0 Å². The first-order valence-electron chi connectivity index (χ1n) is 5.51. The molecule has 5 heteroatoms. The molecule has 0 unspecified atom stereocenters. The quantitative estimate of drug-likeness (QED) is 0.673. The van der Waals surface area contributed by atoms with E-state index < -0.39 is 0 Å². The van der Waals surface area contributed by atoms with E-state index in [1.807, 2.05) is 24.3 Å². The number of pyridine rings is 1. The SMILES string of the molecule is COc1cnccc1-c1nc2ccc(N)cc2[nH]1. The van der Waals surface area contributed by atoms with Crippen LogP contribution in [0.2, 0.25) is 0 Å². The molecule has 0 saturated carbocycles. The third kappa shape index (κ3) is 1.66. The number of methoxy groups -OCH3 is 1. The van der Waals surface area contributed by atoms with Crippen LogP contribution in [0.5, 0.6) is 5.75 Å². The Labute approximate surface area is 104 Å². The number of rotatable bonds is 2. The Kier molecular flexibility index (Phi) is 2.37. The maximum absolute atomic E-state index is 5.75. The van der Waals surface area contributed by atoms with Gasteiger partial charge in [0, 0.05) is 11.9 Å². The zero-order valence-electron chi connectivity index (χ0n) is 9.84. The van der Waals surface area contributed by atoms with Crippen LogP contribution in [0.4, 0.5) is 5.69 Å². The summed E-state index contributed by atoms with van der Waals surface area (Å²) in [6, 6.07) is 7.44. The second kappa shape index (κ2) is 4.03. The van der Waals surface area contributed by atoms with Gasteiger partial charge in [-0.05, 0) is 24.3 Å². The van der Waals surface area contributed by atoms with Crippen LogP contribution in [0.1, 0.15) is 0 Å². The highest BCUT2D eigenvalue weighted by molar-refractivity contribution is 5.83. The van der Waals surface area contributed by atoms with E-state index in [9.17, 15) is 0 Å². The van der Waals surface area contributed by atoms with Gasteiger partial charge in [0.1, 0.15) is 11.6 Å². The second-order valence-electron chi connectivity index (χ2n) is 3.94. The van der Waals surface area contributed by atoms with E-state index in [4.69, 9.17) is 10.5 Å². The third-order valence-electron chi connectivity index (χ3n) is 2.77. The maximum atomic E-state index is 5.75. The fourth-order valence-corrected chi connectivity index (χ4v) is 1.89. The third-order valence-corrected chi connectivity index (χ3v) is 2.77. The predicted molar refractivity (Wildman–Crippen MR) is 70.3 cm³/mol. The molecule has 0 aliphatic carbocycles. The van der Waals surface area contributed by atoms with E-state index in [0.29, 0.717) is 11.4 Å². The Morgan fingerprint density at radius 3 is 3.00 bits per heavy atom. The highest BCUT2D eigenvalue weighted by atomic mass is 16.5. The zero-order valence-corrected chi connectivity index (χ0v) is 9.84. The summed E-state index contributed by atoms with van der Waals surface area (Å²) in [6.07, 6.45) is 3.37. The number of hydrogen-bond donors (Lipinski definition) is 2. The van der Waals surface area contributed by atoms with Gasteiger partial charge in [-0.2, -0.15) is 0 Å². The Hall–Kier alpha value is -2.56. The number of benzene rings is 1. The molecule has 3 rings (SSSR count). The Morgan fingerprint density at radius 2 is 2.17 bits per heavy atom. The Bertz CT molecular complexity index is 705. The number of nitrogens with one attached hydrogen (secondary N) is 1. The molecule has 0 saturated heterocycles. The number of ether oxygens (including phenoxy) is 1. The lowest BCUT2D eigenvalue weighted by atomic mass is 10.2.